The van der Waals surface area contributed by atoms with E-state index >= 15 is 0 Å². The smallest absolute Gasteiger partial charge is 0.365 e. The molecule has 12 heteroatoms. The third kappa shape index (κ3) is 5.60. The predicted molar refractivity (Wildman–Crippen MR) is 110 cm³/mol. The van der Waals surface area contributed by atoms with E-state index in [4.69, 9.17) is 0 Å². The first kappa shape index (κ1) is 22.3. The van der Waals surface area contributed by atoms with Gasteiger partial charge in [-0.25, -0.2) is 18.4 Å². The number of hydrogen-bond acceptors (Lipinski definition) is 7. The Kier molecular flexibility index (Phi) is 6.29. The number of anilines is 4. The van der Waals surface area contributed by atoms with E-state index in [2.05, 4.69) is 31.7 Å². The van der Waals surface area contributed by atoms with E-state index in [1.54, 1.807) is 36.4 Å². The quantitative estimate of drug-likeness (QED) is 0.568. The van der Waals surface area contributed by atoms with Crippen LogP contribution in [0, 0.1) is 6.07 Å². The Morgan fingerprint density at radius 1 is 1.16 bits per heavy atom. The lowest BCUT2D eigenvalue weighted by Gasteiger charge is -2.20. The van der Waals surface area contributed by atoms with Gasteiger partial charge < -0.3 is 10.6 Å². The molecule has 2 heterocycles. The SMILES string of the molecule is CN(c1ncccc1CNc1nc(Nc2cc[c]cc2)ncc1C(F)(F)F)S(C)(=O)=O. The highest BCUT2D eigenvalue weighted by Gasteiger charge is 2.35. The third-order valence-electron chi connectivity index (χ3n) is 4.18. The minimum atomic E-state index is -4.69. The highest BCUT2D eigenvalue weighted by molar-refractivity contribution is 7.92. The number of benzene rings is 1. The number of nitrogens with one attached hydrogen (secondary N) is 2. The van der Waals surface area contributed by atoms with Crippen molar-refractivity contribution in [3.63, 3.8) is 0 Å². The summed E-state index contributed by atoms with van der Waals surface area (Å²) in [4.78, 5) is 11.7. The Bertz CT molecular complexity index is 1160. The molecule has 31 heavy (non-hydrogen) atoms. The van der Waals surface area contributed by atoms with Gasteiger partial charge in [-0.05, 0) is 24.3 Å². The van der Waals surface area contributed by atoms with Gasteiger partial charge in [-0.1, -0.05) is 18.2 Å². The molecule has 0 aliphatic heterocycles. The lowest BCUT2D eigenvalue weighted by molar-refractivity contribution is -0.137. The maximum atomic E-state index is 13.5. The zero-order chi connectivity index (χ0) is 22.6. The molecular formula is C19H18F3N6O2S. The third-order valence-corrected chi connectivity index (χ3v) is 5.35. The summed E-state index contributed by atoms with van der Waals surface area (Å²) in [5, 5.41) is 5.45. The number of nitrogens with zero attached hydrogens (tertiary/aromatic N) is 4. The molecule has 0 saturated heterocycles. The van der Waals surface area contributed by atoms with Crippen molar-refractivity contribution in [3.8, 4) is 0 Å². The van der Waals surface area contributed by atoms with Crippen LogP contribution >= 0.6 is 0 Å². The van der Waals surface area contributed by atoms with E-state index in [1.165, 1.54) is 13.2 Å². The van der Waals surface area contributed by atoms with Gasteiger partial charge in [0.25, 0.3) is 0 Å². The van der Waals surface area contributed by atoms with Crippen LogP contribution in [0.15, 0.2) is 48.8 Å². The monoisotopic (exact) mass is 451 g/mol. The Morgan fingerprint density at radius 3 is 2.52 bits per heavy atom. The molecule has 2 aromatic heterocycles. The Morgan fingerprint density at radius 2 is 1.87 bits per heavy atom. The summed E-state index contributed by atoms with van der Waals surface area (Å²) in [6.07, 6.45) is -1.61. The first-order valence-electron chi connectivity index (χ1n) is 8.85. The van der Waals surface area contributed by atoms with Crippen LogP contribution in [0.1, 0.15) is 11.1 Å². The number of alkyl halides is 3. The topological polar surface area (TPSA) is 100 Å². The number of halogens is 3. The van der Waals surface area contributed by atoms with Gasteiger partial charge >= 0.3 is 6.18 Å². The lowest BCUT2D eigenvalue weighted by Crippen LogP contribution is -2.27. The fourth-order valence-corrected chi connectivity index (χ4v) is 3.05. The van der Waals surface area contributed by atoms with Crippen LogP contribution in [0.5, 0.6) is 0 Å². The second-order valence-corrected chi connectivity index (χ2v) is 8.45. The van der Waals surface area contributed by atoms with Crippen molar-refractivity contribution in [2.24, 2.45) is 0 Å². The normalized spacial score (nSPS) is 11.8. The maximum absolute atomic E-state index is 13.5. The Hall–Kier alpha value is -3.41. The van der Waals surface area contributed by atoms with Crippen molar-refractivity contribution in [1.82, 2.24) is 15.0 Å². The zero-order valence-corrected chi connectivity index (χ0v) is 17.3. The molecule has 0 bridgehead atoms. The van der Waals surface area contributed by atoms with Gasteiger partial charge in [0.05, 0.1) is 6.26 Å². The first-order chi connectivity index (χ1) is 14.6. The second kappa shape index (κ2) is 8.76. The minimum absolute atomic E-state index is 0.0404. The van der Waals surface area contributed by atoms with Crippen molar-refractivity contribution >= 4 is 33.3 Å². The van der Waals surface area contributed by atoms with Gasteiger partial charge in [0.15, 0.2) is 0 Å². The second-order valence-electron chi connectivity index (χ2n) is 6.44. The van der Waals surface area contributed by atoms with E-state index in [0.29, 0.717) is 17.4 Å². The van der Waals surface area contributed by atoms with Crippen molar-refractivity contribution in [2.75, 3.05) is 28.2 Å². The first-order valence-corrected chi connectivity index (χ1v) is 10.7. The van der Waals surface area contributed by atoms with Gasteiger partial charge in [0, 0.05) is 37.2 Å². The van der Waals surface area contributed by atoms with Gasteiger partial charge in [-0.15, -0.1) is 0 Å². The average molecular weight is 451 g/mol. The van der Waals surface area contributed by atoms with Crippen LogP contribution < -0.4 is 14.9 Å². The largest absolute Gasteiger partial charge is 0.421 e. The van der Waals surface area contributed by atoms with Crippen LogP contribution in [0.3, 0.4) is 0 Å². The summed E-state index contributed by atoms with van der Waals surface area (Å²) >= 11 is 0. The summed E-state index contributed by atoms with van der Waals surface area (Å²) in [6.45, 7) is -0.150. The van der Waals surface area contributed by atoms with E-state index < -0.39 is 27.6 Å². The summed E-state index contributed by atoms with van der Waals surface area (Å²) in [5.41, 5.74) is -0.106. The number of pyridine rings is 1. The van der Waals surface area contributed by atoms with E-state index in [-0.39, 0.29) is 18.3 Å². The molecule has 0 aliphatic rings. The van der Waals surface area contributed by atoms with Crippen molar-refractivity contribution in [2.45, 2.75) is 12.7 Å². The highest BCUT2D eigenvalue weighted by atomic mass is 32.2. The molecule has 1 radical (unpaired) electrons. The number of sulfonamides is 1. The standard InChI is InChI=1S/C19H18F3N6O2S/c1-28(31(2,29)30)17-13(7-6-10-23-17)11-24-16-15(19(20,21)22)12-25-18(27-16)26-14-8-4-3-5-9-14/h4-10,12H,11H2,1-2H3,(H2,24,25,26,27). The fraction of sp³-hybridized carbons (Fsp3) is 0.211. The number of hydrogen-bond donors (Lipinski definition) is 2. The summed E-state index contributed by atoms with van der Waals surface area (Å²) in [7, 11) is -2.30. The Balaban J connectivity index is 1.91. The van der Waals surface area contributed by atoms with Crippen LogP contribution in [-0.2, 0) is 22.7 Å². The van der Waals surface area contributed by atoms with E-state index in [1.807, 2.05) is 0 Å². The summed E-state index contributed by atoms with van der Waals surface area (Å²) < 4.78 is 65.0. The summed E-state index contributed by atoms with van der Waals surface area (Å²) in [6, 6.07) is 12.5. The minimum Gasteiger partial charge on any atom is -0.365 e. The molecule has 0 saturated carbocycles. The number of rotatable bonds is 7. The maximum Gasteiger partial charge on any atom is 0.421 e. The predicted octanol–water partition coefficient (Wildman–Crippen LogP) is 3.44. The highest BCUT2D eigenvalue weighted by Crippen LogP contribution is 2.34. The van der Waals surface area contributed by atoms with Crippen molar-refractivity contribution < 1.29 is 21.6 Å². The molecule has 0 fully saturated rings. The molecule has 3 aromatic rings. The molecular weight excluding hydrogens is 433 g/mol. The van der Waals surface area contributed by atoms with Crippen LogP contribution in [0.4, 0.5) is 36.4 Å². The Labute approximate surface area is 177 Å². The number of aromatic nitrogens is 3. The molecule has 0 aliphatic carbocycles. The average Bonchev–Trinajstić information content (AvgIpc) is 2.71. The van der Waals surface area contributed by atoms with Gasteiger partial charge in [0.2, 0.25) is 16.0 Å². The molecule has 8 nitrogen and oxygen atoms in total. The van der Waals surface area contributed by atoms with E-state index in [0.717, 1.165) is 10.6 Å². The van der Waals surface area contributed by atoms with Gasteiger partial charge in [0.1, 0.15) is 17.2 Å². The fourth-order valence-electron chi connectivity index (χ4n) is 2.57. The van der Waals surface area contributed by atoms with Crippen LogP contribution in [0.2, 0.25) is 0 Å². The lowest BCUT2D eigenvalue weighted by atomic mass is 10.2. The molecule has 0 spiro atoms. The van der Waals surface area contributed by atoms with Crippen LogP contribution in [0.25, 0.3) is 0 Å². The van der Waals surface area contributed by atoms with Crippen molar-refractivity contribution in [3.05, 3.63) is 66.0 Å². The molecule has 0 atom stereocenters. The van der Waals surface area contributed by atoms with E-state index in [9.17, 15) is 21.6 Å². The van der Waals surface area contributed by atoms with Gasteiger partial charge in [-0.3, -0.25) is 4.31 Å². The molecule has 0 amide bonds. The molecule has 163 valence electrons. The summed E-state index contributed by atoms with van der Waals surface area (Å²) in [5.74, 6) is -0.398. The zero-order valence-electron chi connectivity index (χ0n) is 16.5. The van der Waals surface area contributed by atoms with Gasteiger partial charge in [-0.2, -0.15) is 18.2 Å². The molecule has 0 unspecified atom stereocenters. The molecule has 3 rings (SSSR count). The van der Waals surface area contributed by atoms with Crippen molar-refractivity contribution in [1.29, 1.82) is 0 Å². The van der Waals surface area contributed by atoms with Crippen LogP contribution in [-0.4, -0.2) is 36.7 Å². The molecule has 1 aromatic carbocycles. The molecule has 2 N–H and O–H groups in total.